The monoisotopic (exact) mass is 456 g/mol. The molecule has 1 fully saturated rings. The minimum absolute atomic E-state index is 0.300. The van der Waals surface area contributed by atoms with Gasteiger partial charge in [0.1, 0.15) is 11.6 Å². The van der Waals surface area contributed by atoms with Gasteiger partial charge in [-0.2, -0.15) is 4.31 Å². The minimum Gasteiger partial charge on any atom is -0.496 e. The third-order valence-electron chi connectivity index (χ3n) is 5.66. The van der Waals surface area contributed by atoms with E-state index in [1.54, 1.807) is 38.3 Å². The third kappa shape index (κ3) is 4.31. The van der Waals surface area contributed by atoms with Crippen LogP contribution in [0.2, 0.25) is 0 Å². The lowest BCUT2D eigenvalue weighted by molar-refractivity contribution is 0.382. The van der Waals surface area contributed by atoms with Crippen LogP contribution in [-0.4, -0.2) is 56.2 Å². The van der Waals surface area contributed by atoms with Crippen LogP contribution in [0, 0.1) is 19.7 Å². The van der Waals surface area contributed by atoms with Crippen LogP contribution in [0.4, 0.5) is 10.2 Å². The molecule has 0 saturated carbocycles. The van der Waals surface area contributed by atoms with Gasteiger partial charge in [-0.25, -0.2) is 12.8 Å². The van der Waals surface area contributed by atoms with E-state index < -0.39 is 10.0 Å². The molecule has 1 aliphatic rings. The molecule has 0 bridgehead atoms. The molecule has 0 atom stereocenters. The first-order valence-electron chi connectivity index (χ1n) is 10.3. The molecule has 0 aliphatic carbocycles. The molecule has 2 heterocycles. The summed E-state index contributed by atoms with van der Waals surface area (Å²) >= 11 is 0. The van der Waals surface area contributed by atoms with Crippen LogP contribution in [0.3, 0.4) is 0 Å². The topological polar surface area (TPSA) is 75.6 Å². The Hall–Kier alpha value is -3.04. The summed E-state index contributed by atoms with van der Waals surface area (Å²) in [7, 11) is -2.03. The first-order chi connectivity index (χ1) is 15.3. The highest BCUT2D eigenvalue weighted by molar-refractivity contribution is 7.89. The van der Waals surface area contributed by atoms with E-state index in [0.29, 0.717) is 53.9 Å². The maximum absolute atomic E-state index is 13.2. The highest BCUT2D eigenvalue weighted by atomic mass is 32.2. The first kappa shape index (κ1) is 22.2. The largest absolute Gasteiger partial charge is 0.496 e. The molecule has 0 unspecified atom stereocenters. The molecule has 0 N–H and O–H groups in total. The SMILES string of the molecule is COc1cc(C)c(S(=O)(=O)N2CCN(c3ccc(-c4ccc(F)cc4)nn3)CC2)cc1C. The van der Waals surface area contributed by atoms with Crippen molar-refractivity contribution >= 4 is 15.8 Å². The van der Waals surface area contributed by atoms with E-state index in [2.05, 4.69) is 10.2 Å². The first-order valence-corrected chi connectivity index (χ1v) is 11.7. The van der Waals surface area contributed by atoms with Gasteiger partial charge in [0.2, 0.25) is 10.0 Å². The zero-order valence-corrected chi connectivity index (χ0v) is 19.1. The summed E-state index contributed by atoms with van der Waals surface area (Å²) in [6, 6.07) is 13.2. The van der Waals surface area contributed by atoms with Crippen LogP contribution in [-0.2, 0) is 10.0 Å². The third-order valence-corrected chi connectivity index (χ3v) is 7.70. The number of sulfonamides is 1. The Labute approximate surface area is 187 Å². The van der Waals surface area contributed by atoms with Gasteiger partial charge in [-0.3, -0.25) is 0 Å². The van der Waals surface area contributed by atoms with Crippen LogP contribution in [0.5, 0.6) is 5.75 Å². The molecule has 9 heteroatoms. The number of ether oxygens (including phenoxy) is 1. The van der Waals surface area contributed by atoms with E-state index in [-0.39, 0.29) is 5.82 Å². The summed E-state index contributed by atoms with van der Waals surface area (Å²) < 4.78 is 46.4. The van der Waals surface area contributed by atoms with Crippen LogP contribution in [0.15, 0.2) is 53.4 Å². The zero-order chi connectivity index (χ0) is 22.9. The number of piperazine rings is 1. The molecule has 0 radical (unpaired) electrons. The number of halogens is 1. The van der Waals surface area contributed by atoms with E-state index >= 15 is 0 Å². The highest BCUT2D eigenvalue weighted by Gasteiger charge is 2.30. The van der Waals surface area contributed by atoms with Gasteiger partial charge in [0.15, 0.2) is 5.82 Å². The number of aromatic nitrogens is 2. The van der Waals surface area contributed by atoms with E-state index in [4.69, 9.17) is 4.74 Å². The second-order valence-corrected chi connectivity index (χ2v) is 9.67. The van der Waals surface area contributed by atoms with Gasteiger partial charge in [-0.1, -0.05) is 0 Å². The van der Waals surface area contributed by atoms with Gasteiger partial charge >= 0.3 is 0 Å². The fourth-order valence-electron chi connectivity index (χ4n) is 3.83. The van der Waals surface area contributed by atoms with Crippen molar-refractivity contribution in [2.24, 2.45) is 0 Å². The van der Waals surface area contributed by atoms with Gasteiger partial charge in [0, 0.05) is 31.7 Å². The molecule has 32 heavy (non-hydrogen) atoms. The number of benzene rings is 2. The van der Waals surface area contributed by atoms with Crippen molar-refractivity contribution in [3.8, 4) is 17.0 Å². The molecular weight excluding hydrogens is 431 g/mol. The lowest BCUT2D eigenvalue weighted by Crippen LogP contribution is -2.49. The van der Waals surface area contributed by atoms with Gasteiger partial charge < -0.3 is 9.64 Å². The minimum atomic E-state index is -3.61. The molecule has 4 rings (SSSR count). The number of anilines is 1. The lowest BCUT2D eigenvalue weighted by Gasteiger charge is -2.34. The van der Waals surface area contributed by atoms with Crippen molar-refractivity contribution in [1.82, 2.24) is 14.5 Å². The average Bonchev–Trinajstić information content (AvgIpc) is 2.81. The summed E-state index contributed by atoms with van der Waals surface area (Å²) in [4.78, 5) is 2.33. The van der Waals surface area contributed by atoms with E-state index in [0.717, 1.165) is 11.1 Å². The smallest absolute Gasteiger partial charge is 0.243 e. The van der Waals surface area contributed by atoms with Crippen molar-refractivity contribution in [2.75, 3.05) is 38.2 Å². The average molecular weight is 457 g/mol. The Bertz CT molecular complexity index is 1210. The van der Waals surface area contributed by atoms with E-state index in [1.807, 2.05) is 24.0 Å². The number of rotatable bonds is 5. The number of aryl methyl sites for hydroxylation is 2. The molecule has 0 spiro atoms. The Morgan fingerprint density at radius 3 is 2.19 bits per heavy atom. The summed E-state index contributed by atoms with van der Waals surface area (Å²) in [5.41, 5.74) is 2.88. The van der Waals surface area contributed by atoms with Crippen molar-refractivity contribution in [1.29, 1.82) is 0 Å². The lowest BCUT2D eigenvalue weighted by atomic mass is 10.1. The molecule has 168 valence electrons. The predicted octanol–water partition coefficient (Wildman–Crippen LogP) is 3.42. The normalized spacial score (nSPS) is 15.1. The van der Waals surface area contributed by atoms with Crippen LogP contribution in [0.1, 0.15) is 11.1 Å². The summed E-state index contributed by atoms with van der Waals surface area (Å²) in [5, 5.41) is 8.54. The Morgan fingerprint density at radius 1 is 0.906 bits per heavy atom. The van der Waals surface area contributed by atoms with Crippen LogP contribution < -0.4 is 9.64 Å². The van der Waals surface area contributed by atoms with Crippen molar-refractivity contribution in [2.45, 2.75) is 18.7 Å². The van der Waals surface area contributed by atoms with E-state index in [1.165, 1.54) is 16.4 Å². The fourth-order valence-corrected chi connectivity index (χ4v) is 5.54. The Balaban J connectivity index is 1.46. The second-order valence-electron chi connectivity index (χ2n) is 7.76. The molecule has 1 aromatic heterocycles. The number of nitrogens with zero attached hydrogens (tertiary/aromatic N) is 4. The molecule has 3 aromatic rings. The van der Waals surface area contributed by atoms with E-state index in [9.17, 15) is 12.8 Å². The van der Waals surface area contributed by atoms with Crippen LogP contribution in [0.25, 0.3) is 11.3 Å². The van der Waals surface area contributed by atoms with Gasteiger partial charge in [-0.15, -0.1) is 10.2 Å². The van der Waals surface area contributed by atoms with Gasteiger partial charge in [-0.05, 0) is 73.5 Å². The zero-order valence-electron chi connectivity index (χ0n) is 18.2. The summed E-state index contributed by atoms with van der Waals surface area (Å²) in [6.07, 6.45) is 0. The molecular formula is C23H25FN4O3S. The molecule has 1 aliphatic heterocycles. The number of hydrogen-bond acceptors (Lipinski definition) is 6. The predicted molar refractivity (Wildman–Crippen MR) is 121 cm³/mol. The maximum Gasteiger partial charge on any atom is 0.243 e. The number of hydrogen-bond donors (Lipinski definition) is 0. The van der Waals surface area contributed by atoms with Gasteiger partial charge in [0.05, 0.1) is 17.7 Å². The molecule has 0 amide bonds. The Kier molecular flexibility index (Phi) is 6.12. The molecule has 7 nitrogen and oxygen atoms in total. The highest BCUT2D eigenvalue weighted by Crippen LogP contribution is 2.29. The fraction of sp³-hybridized carbons (Fsp3) is 0.304. The van der Waals surface area contributed by atoms with Crippen molar-refractivity contribution < 1.29 is 17.5 Å². The van der Waals surface area contributed by atoms with Crippen LogP contribution >= 0.6 is 0 Å². The second kappa shape index (κ2) is 8.84. The van der Waals surface area contributed by atoms with Gasteiger partial charge in [0.25, 0.3) is 0 Å². The standard InChI is InChI=1S/C23H25FN4O3S/c1-16-15-22(17(2)14-21(16)31-3)32(29,30)28-12-10-27(11-13-28)23-9-8-20(25-26-23)18-4-6-19(24)7-5-18/h4-9,14-15H,10-13H2,1-3H3. The summed E-state index contributed by atoms with van der Waals surface area (Å²) in [5.74, 6) is 1.06. The molecule has 2 aromatic carbocycles. The van der Waals surface area contributed by atoms with Crippen molar-refractivity contribution in [3.05, 3.63) is 65.5 Å². The quantitative estimate of drug-likeness (QED) is 0.586. The summed E-state index contributed by atoms with van der Waals surface area (Å²) in [6.45, 7) is 5.35. The Morgan fingerprint density at radius 2 is 1.59 bits per heavy atom. The number of methoxy groups -OCH3 is 1. The maximum atomic E-state index is 13.2. The molecule has 1 saturated heterocycles. The van der Waals surface area contributed by atoms with Crippen molar-refractivity contribution in [3.63, 3.8) is 0 Å².